The third-order valence-corrected chi connectivity index (χ3v) is 1.32. The quantitative estimate of drug-likeness (QED) is 0.488. The topological polar surface area (TPSA) is 0 Å². The minimum absolute atomic E-state index is 0.508. The summed E-state index contributed by atoms with van der Waals surface area (Å²) < 4.78 is 71.1. The molecule has 0 N–H and O–H groups in total. The number of rotatable bonds is 4. The second-order valence-electron chi connectivity index (χ2n) is 2.53. The van der Waals surface area contributed by atoms with E-state index >= 15 is 0 Å². The van der Waals surface area contributed by atoms with E-state index < -0.39 is 31.1 Å². The minimum atomic E-state index is -5.68. The first-order valence-corrected chi connectivity index (χ1v) is 3.40. The number of allylic oxidation sites excluding steroid dienone is 1. The standard InChI is InChI=1S/C7H8F6/c1-2-3-5(8)4-6(9,10)7(11,12)13/h2,5H,1,3-4H2. The molecule has 0 saturated heterocycles. The van der Waals surface area contributed by atoms with Crippen molar-refractivity contribution >= 4 is 0 Å². The van der Waals surface area contributed by atoms with Crippen LogP contribution in [0, 0.1) is 0 Å². The van der Waals surface area contributed by atoms with Gasteiger partial charge in [-0.25, -0.2) is 4.39 Å². The lowest BCUT2D eigenvalue weighted by Gasteiger charge is -2.20. The van der Waals surface area contributed by atoms with E-state index in [0.717, 1.165) is 6.08 Å². The third-order valence-electron chi connectivity index (χ3n) is 1.32. The Balaban J connectivity index is 4.24. The molecule has 0 fully saturated rings. The molecule has 0 radical (unpaired) electrons. The summed E-state index contributed by atoms with van der Waals surface area (Å²) in [6.45, 7) is 3.03. The van der Waals surface area contributed by atoms with Gasteiger partial charge in [0.25, 0.3) is 0 Å². The zero-order valence-corrected chi connectivity index (χ0v) is 6.54. The predicted molar refractivity (Wildman–Crippen MR) is 35.3 cm³/mol. The summed E-state index contributed by atoms with van der Waals surface area (Å²) in [6, 6.07) is 0. The van der Waals surface area contributed by atoms with Gasteiger partial charge >= 0.3 is 12.1 Å². The highest BCUT2D eigenvalue weighted by Gasteiger charge is 2.58. The largest absolute Gasteiger partial charge is 0.453 e. The van der Waals surface area contributed by atoms with Crippen LogP contribution in [0.2, 0.25) is 0 Å². The maximum absolute atomic E-state index is 12.4. The van der Waals surface area contributed by atoms with Crippen LogP contribution in [0.15, 0.2) is 12.7 Å². The first-order chi connectivity index (χ1) is 5.70. The Morgan fingerprint density at radius 2 is 1.62 bits per heavy atom. The van der Waals surface area contributed by atoms with Crippen LogP contribution >= 0.6 is 0 Å². The number of alkyl halides is 6. The van der Waals surface area contributed by atoms with Crippen molar-refractivity contribution in [3.05, 3.63) is 12.7 Å². The van der Waals surface area contributed by atoms with E-state index in [1.165, 1.54) is 0 Å². The summed E-state index contributed by atoms with van der Waals surface area (Å²) in [4.78, 5) is 0. The van der Waals surface area contributed by atoms with Gasteiger partial charge in [0.05, 0.1) is 6.42 Å². The molecular formula is C7H8F6. The SMILES string of the molecule is C=CCC(F)CC(F)(F)C(F)(F)F. The average Bonchev–Trinajstić information content (AvgIpc) is 1.83. The number of halogens is 6. The second-order valence-corrected chi connectivity index (χ2v) is 2.53. The highest BCUT2D eigenvalue weighted by atomic mass is 19.4. The van der Waals surface area contributed by atoms with Crippen molar-refractivity contribution in [2.45, 2.75) is 31.1 Å². The molecule has 0 aliphatic carbocycles. The van der Waals surface area contributed by atoms with Gasteiger partial charge in [0, 0.05) is 0 Å². The maximum Gasteiger partial charge on any atom is 0.453 e. The van der Waals surface area contributed by atoms with Gasteiger partial charge in [-0.2, -0.15) is 22.0 Å². The van der Waals surface area contributed by atoms with Gasteiger partial charge in [-0.1, -0.05) is 6.08 Å². The van der Waals surface area contributed by atoms with Crippen molar-refractivity contribution in [2.24, 2.45) is 0 Å². The Kier molecular flexibility index (Phi) is 3.81. The smallest absolute Gasteiger partial charge is 0.247 e. The average molecular weight is 206 g/mol. The second kappa shape index (κ2) is 4.02. The molecule has 0 aliphatic rings. The normalized spacial score (nSPS) is 15.5. The maximum atomic E-state index is 12.4. The van der Waals surface area contributed by atoms with Crippen molar-refractivity contribution in [1.29, 1.82) is 0 Å². The van der Waals surface area contributed by atoms with Crippen LogP contribution in [0.5, 0.6) is 0 Å². The Morgan fingerprint density at radius 1 is 1.15 bits per heavy atom. The van der Waals surface area contributed by atoms with Crippen molar-refractivity contribution in [1.82, 2.24) is 0 Å². The highest BCUT2D eigenvalue weighted by molar-refractivity contribution is 4.82. The molecule has 0 saturated carbocycles. The molecule has 0 aromatic carbocycles. The van der Waals surface area contributed by atoms with E-state index in [1.807, 2.05) is 0 Å². The van der Waals surface area contributed by atoms with Gasteiger partial charge in [0.15, 0.2) is 0 Å². The molecule has 0 aromatic rings. The fraction of sp³-hybridized carbons (Fsp3) is 0.714. The van der Waals surface area contributed by atoms with Gasteiger partial charge < -0.3 is 0 Å². The molecule has 0 amide bonds. The molecule has 0 spiro atoms. The van der Waals surface area contributed by atoms with E-state index in [9.17, 15) is 26.3 Å². The molecular weight excluding hydrogens is 198 g/mol. The molecule has 0 aliphatic heterocycles. The van der Waals surface area contributed by atoms with Crippen molar-refractivity contribution in [3.63, 3.8) is 0 Å². The first kappa shape index (κ1) is 12.3. The van der Waals surface area contributed by atoms with Crippen LogP contribution in [-0.4, -0.2) is 18.3 Å². The zero-order valence-electron chi connectivity index (χ0n) is 6.54. The number of hydrogen-bond donors (Lipinski definition) is 0. The lowest BCUT2D eigenvalue weighted by atomic mass is 10.1. The molecule has 0 aromatic heterocycles. The molecule has 1 unspecified atom stereocenters. The molecule has 1 atom stereocenters. The van der Waals surface area contributed by atoms with E-state index in [-0.39, 0.29) is 0 Å². The van der Waals surface area contributed by atoms with E-state index in [4.69, 9.17) is 0 Å². The van der Waals surface area contributed by atoms with Gasteiger partial charge in [-0.05, 0) is 6.42 Å². The summed E-state index contributed by atoms with van der Waals surface area (Å²) >= 11 is 0. The minimum Gasteiger partial charge on any atom is -0.247 e. The van der Waals surface area contributed by atoms with Crippen LogP contribution in [0.4, 0.5) is 26.3 Å². The van der Waals surface area contributed by atoms with E-state index in [2.05, 4.69) is 6.58 Å². The van der Waals surface area contributed by atoms with Gasteiger partial charge in [0.2, 0.25) is 0 Å². The lowest BCUT2D eigenvalue weighted by molar-refractivity contribution is -0.288. The molecule has 6 heteroatoms. The fourth-order valence-corrected chi connectivity index (χ4v) is 0.658. The highest BCUT2D eigenvalue weighted by Crippen LogP contribution is 2.39. The van der Waals surface area contributed by atoms with Gasteiger partial charge in [-0.3, -0.25) is 0 Å². The third kappa shape index (κ3) is 3.69. The Hall–Kier alpha value is -0.680. The van der Waals surface area contributed by atoms with Gasteiger partial charge in [-0.15, -0.1) is 6.58 Å². The molecule has 0 rings (SSSR count). The van der Waals surface area contributed by atoms with Crippen LogP contribution < -0.4 is 0 Å². The summed E-state index contributed by atoms with van der Waals surface area (Å²) in [5.41, 5.74) is 0. The Morgan fingerprint density at radius 3 is 1.92 bits per heavy atom. The monoisotopic (exact) mass is 206 g/mol. The lowest BCUT2D eigenvalue weighted by Crippen LogP contribution is -2.38. The zero-order chi connectivity index (χ0) is 10.7. The molecule has 78 valence electrons. The predicted octanol–water partition coefficient (Wildman–Crippen LogP) is 3.49. The van der Waals surface area contributed by atoms with Crippen LogP contribution in [-0.2, 0) is 0 Å². The summed E-state index contributed by atoms with van der Waals surface area (Å²) in [5.74, 6) is -4.96. The summed E-state index contributed by atoms with van der Waals surface area (Å²) in [6.07, 6.45) is -9.29. The van der Waals surface area contributed by atoms with Crippen LogP contribution in [0.25, 0.3) is 0 Å². The molecule has 0 heterocycles. The summed E-state index contributed by atoms with van der Waals surface area (Å²) in [5, 5.41) is 0. The summed E-state index contributed by atoms with van der Waals surface area (Å²) in [7, 11) is 0. The molecule has 0 nitrogen and oxygen atoms in total. The van der Waals surface area contributed by atoms with Gasteiger partial charge in [0.1, 0.15) is 6.17 Å². The fourth-order valence-electron chi connectivity index (χ4n) is 0.658. The van der Waals surface area contributed by atoms with E-state index in [0.29, 0.717) is 0 Å². The van der Waals surface area contributed by atoms with Crippen molar-refractivity contribution in [2.75, 3.05) is 0 Å². The van der Waals surface area contributed by atoms with Crippen molar-refractivity contribution in [3.8, 4) is 0 Å². The van der Waals surface area contributed by atoms with E-state index in [1.54, 1.807) is 0 Å². The number of hydrogen-bond acceptors (Lipinski definition) is 0. The Labute approximate surface area is 71.2 Å². The van der Waals surface area contributed by atoms with Crippen LogP contribution in [0.1, 0.15) is 12.8 Å². The molecule has 0 bridgehead atoms. The van der Waals surface area contributed by atoms with Crippen molar-refractivity contribution < 1.29 is 26.3 Å². The Bertz CT molecular complexity index is 170. The first-order valence-electron chi connectivity index (χ1n) is 3.40. The van der Waals surface area contributed by atoms with Crippen LogP contribution in [0.3, 0.4) is 0 Å². The molecule has 13 heavy (non-hydrogen) atoms.